The van der Waals surface area contributed by atoms with Crippen LogP contribution in [-0.2, 0) is 10.8 Å². The van der Waals surface area contributed by atoms with Gasteiger partial charge in [0.25, 0.3) is 0 Å². The molecule has 0 amide bonds. The van der Waals surface area contributed by atoms with E-state index in [1.165, 1.54) is 77.9 Å². The predicted molar refractivity (Wildman–Crippen MR) is 287 cm³/mol. The van der Waals surface area contributed by atoms with Crippen LogP contribution < -0.4 is 4.90 Å². The molecule has 0 aliphatic heterocycles. The molecule has 0 fully saturated rings. The van der Waals surface area contributed by atoms with Crippen LogP contribution in [0.4, 0.5) is 17.1 Å². The molecule has 0 radical (unpaired) electrons. The van der Waals surface area contributed by atoms with Crippen LogP contribution in [0.5, 0.6) is 0 Å². The van der Waals surface area contributed by atoms with Crippen LogP contribution in [-0.4, -0.2) is 0 Å². The third kappa shape index (κ3) is 6.00. The predicted octanol–water partition coefficient (Wildman–Crippen LogP) is 18.6. The van der Waals surface area contributed by atoms with Crippen molar-refractivity contribution in [3.63, 3.8) is 0 Å². The lowest BCUT2D eigenvalue weighted by Gasteiger charge is -2.30. The topological polar surface area (TPSA) is 29.5 Å². The summed E-state index contributed by atoms with van der Waals surface area (Å²) in [7, 11) is 0. The number of hydrogen-bond acceptors (Lipinski definition) is 3. The molecule has 12 aromatic rings. The number of furan rings is 2. The average molecular weight is 886 g/mol. The highest BCUT2D eigenvalue weighted by molar-refractivity contribution is 6.07. The molecule has 0 saturated heterocycles. The van der Waals surface area contributed by atoms with Gasteiger partial charge in [0.05, 0.1) is 0 Å². The minimum absolute atomic E-state index is 0.236. The van der Waals surface area contributed by atoms with Gasteiger partial charge in [0, 0.05) is 49.4 Å². The fourth-order valence-corrected chi connectivity index (χ4v) is 11.8. The third-order valence-corrected chi connectivity index (χ3v) is 15.5. The molecule has 3 heteroatoms. The van der Waals surface area contributed by atoms with E-state index in [-0.39, 0.29) is 10.8 Å². The lowest BCUT2D eigenvalue weighted by molar-refractivity contribution is 0.660. The smallest absolute Gasteiger partial charge is 0.135 e. The van der Waals surface area contributed by atoms with Gasteiger partial charge in [-0.1, -0.05) is 155 Å². The van der Waals surface area contributed by atoms with Crippen molar-refractivity contribution >= 4 is 60.9 Å². The molecule has 3 nitrogen and oxygen atoms in total. The largest absolute Gasteiger partial charge is 0.456 e. The van der Waals surface area contributed by atoms with E-state index >= 15 is 0 Å². The van der Waals surface area contributed by atoms with E-state index in [9.17, 15) is 0 Å². The number of nitrogens with zero attached hydrogens (tertiary/aromatic N) is 1. The van der Waals surface area contributed by atoms with Crippen molar-refractivity contribution in [3.05, 3.63) is 235 Å². The first-order chi connectivity index (χ1) is 33.7. The van der Waals surface area contributed by atoms with E-state index in [1.807, 2.05) is 24.3 Å². The average Bonchev–Trinajstić information content (AvgIpc) is 4.08. The van der Waals surface area contributed by atoms with Gasteiger partial charge in [-0.15, -0.1) is 0 Å². The molecular weight excluding hydrogens is 839 g/mol. The summed E-state index contributed by atoms with van der Waals surface area (Å²) in [6.45, 7) is 9.54. The van der Waals surface area contributed by atoms with Crippen molar-refractivity contribution in [1.82, 2.24) is 0 Å². The first kappa shape index (κ1) is 39.7. The minimum Gasteiger partial charge on any atom is -0.456 e. The molecule has 0 bridgehead atoms. The molecule has 2 aromatic heterocycles. The molecule has 2 aliphatic carbocycles. The second kappa shape index (κ2) is 14.6. The Balaban J connectivity index is 0.854. The van der Waals surface area contributed by atoms with Crippen molar-refractivity contribution in [2.45, 2.75) is 38.5 Å². The minimum atomic E-state index is -0.236. The number of rotatable bonds is 6. The van der Waals surface area contributed by atoms with E-state index < -0.39 is 0 Å². The van der Waals surface area contributed by atoms with Gasteiger partial charge in [-0.2, -0.15) is 0 Å². The zero-order valence-corrected chi connectivity index (χ0v) is 39.0. The molecule has 0 N–H and O–H groups in total. The number of para-hydroxylation sites is 2. The van der Waals surface area contributed by atoms with Crippen LogP contribution in [0.15, 0.2) is 221 Å². The Kier molecular flexibility index (Phi) is 8.38. The first-order valence-electron chi connectivity index (χ1n) is 24.1. The van der Waals surface area contributed by atoms with Crippen LogP contribution in [0, 0.1) is 0 Å². The molecule has 2 aliphatic rings. The summed E-state index contributed by atoms with van der Waals surface area (Å²) >= 11 is 0. The SMILES string of the molecule is CC1(C)c2cc(-c3ccc4oc5ccccc5c4c3)ccc2-c2ccc(N(c3ccc(-c4ccccc4)cc3)c3ccc4c(c3)C(C)(C)c3cc(-c5ccc6oc7ccccc7c6c5)ccc3-4)cc21. The Morgan fingerprint density at radius 1 is 0.275 bits per heavy atom. The van der Waals surface area contributed by atoms with Gasteiger partial charge in [-0.3, -0.25) is 0 Å². The van der Waals surface area contributed by atoms with Gasteiger partial charge in [0.2, 0.25) is 0 Å². The summed E-state index contributed by atoms with van der Waals surface area (Å²) in [5.74, 6) is 0. The standard InChI is InChI=1S/C66H47NO2/c1-65(2)57-36-44(42-22-32-63-55(34-42)53-14-8-10-16-61(53)68-63)20-28-49(57)51-30-26-47(38-59(51)65)67(46-24-18-41(19-25-46)40-12-6-5-7-13-40)48-27-31-52-50-29-21-45(37-58(50)66(3,4)60(52)39-48)43-23-33-64-56(35-43)54-15-9-11-17-62(54)69-64/h5-39H,1-4H3. The second-order valence-corrected chi connectivity index (χ2v) is 20.1. The van der Waals surface area contributed by atoms with Crippen molar-refractivity contribution in [2.24, 2.45) is 0 Å². The van der Waals surface area contributed by atoms with E-state index in [4.69, 9.17) is 8.83 Å². The van der Waals surface area contributed by atoms with Gasteiger partial charge < -0.3 is 13.7 Å². The third-order valence-electron chi connectivity index (χ3n) is 15.5. The highest BCUT2D eigenvalue weighted by atomic mass is 16.3. The molecular formula is C66H47NO2. The fourth-order valence-electron chi connectivity index (χ4n) is 11.8. The molecule has 2 heterocycles. The summed E-state index contributed by atoms with van der Waals surface area (Å²) in [4.78, 5) is 2.46. The summed E-state index contributed by atoms with van der Waals surface area (Å²) in [6, 6.07) is 77.9. The highest BCUT2D eigenvalue weighted by Gasteiger charge is 2.38. The van der Waals surface area contributed by atoms with Gasteiger partial charge in [0.1, 0.15) is 22.3 Å². The van der Waals surface area contributed by atoms with Crippen LogP contribution >= 0.6 is 0 Å². The van der Waals surface area contributed by atoms with Crippen molar-refractivity contribution in [1.29, 1.82) is 0 Å². The summed E-state index contributed by atoms with van der Waals surface area (Å²) < 4.78 is 12.4. The maximum absolute atomic E-state index is 6.19. The lowest BCUT2D eigenvalue weighted by atomic mass is 9.81. The Bertz CT molecular complexity index is 3850. The Morgan fingerprint density at radius 2 is 0.623 bits per heavy atom. The van der Waals surface area contributed by atoms with Crippen LogP contribution in [0.25, 0.3) is 99.5 Å². The zero-order chi connectivity index (χ0) is 46.2. The van der Waals surface area contributed by atoms with Crippen LogP contribution in [0.1, 0.15) is 49.9 Å². The molecule has 10 aromatic carbocycles. The Morgan fingerprint density at radius 3 is 1.12 bits per heavy atom. The Labute approximate surface area is 401 Å². The van der Waals surface area contributed by atoms with E-state index in [0.717, 1.165) is 60.9 Å². The van der Waals surface area contributed by atoms with Gasteiger partial charge in [0.15, 0.2) is 0 Å². The van der Waals surface area contributed by atoms with E-state index in [2.05, 4.69) is 221 Å². The Hall–Kier alpha value is -8.40. The number of benzene rings is 10. The molecule has 14 rings (SSSR count). The highest BCUT2D eigenvalue weighted by Crippen LogP contribution is 2.54. The summed E-state index contributed by atoms with van der Waals surface area (Å²) in [5.41, 5.74) is 24.3. The molecule has 0 unspecified atom stereocenters. The zero-order valence-electron chi connectivity index (χ0n) is 39.0. The normalized spacial score (nSPS) is 14.0. The van der Waals surface area contributed by atoms with Crippen molar-refractivity contribution in [2.75, 3.05) is 4.90 Å². The lowest BCUT2D eigenvalue weighted by Crippen LogP contribution is -2.18. The quantitative estimate of drug-likeness (QED) is 0.167. The monoisotopic (exact) mass is 885 g/mol. The molecule has 0 atom stereocenters. The van der Waals surface area contributed by atoms with Gasteiger partial charge in [-0.25, -0.2) is 0 Å². The molecule has 328 valence electrons. The molecule has 0 spiro atoms. The maximum Gasteiger partial charge on any atom is 0.135 e. The second-order valence-electron chi connectivity index (χ2n) is 20.1. The first-order valence-corrected chi connectivity index (χ1v) is 24.1. The fraction of sp³-hybridized carbons (Fsp3) is 0.0909. The van der Waals surface area contributed by atoms with E-state index in [0.29, 0.717) is 0 Å². The van der Waals surface area contributed by atoms with E-state index in [1.54, 1.807) is 0 Å². The van der Waals surface area contributed by atoms with Gasteiger partial charge >= 0.3 is 0 Å². The van der Waals surface area contributed by atoms with Gasteiger partial charge in [-0.05, 0) is 163 Å². The maximum atomic E-state index is 6.19. The number of fused-ring (bicyclic) bond motifs is 12. The molecule has 0 saturated carbocycles. The van der Waals surface area contributed by atoms with Crippen molar-refractivity contribution in [3.8, 4) is 55.6 Å². The summed E-state index contributed by atoms with van der Waals surface area (Å²) in [6.07, 6.45) is 0. The number of anilines is 3. The summed E-state index contributed by atoms with van der Waals surface area (Å²) in [5, 5.41) is 4.59. The van der Waals surface area contributed by atoms with Crippen molar-refractivity contribution < 1.29 is 8.83 Å². The van der Waals surface area contributed by atoms with Crippen LogP contribution in [0.3, 0.4) is 0 Å². The van der Waals surface area contributed by atoms with Crippen LogP contribution in [0.2, 0.25) is 0 Å². The molecule has 69 heavy (non-hydrogen) atoms. The number of hydrogen-bond donors (Lipinski definition) is 0.